The van der Waals surface area contributed by atoms with E-state index >= 15 is 0 Å². The molecule has 2 saturated carbocycles. The second kappa shape index (κ2) is 3.83. The predicted molar refractivity (Wildman–Crippen MR) is 69.6 cm³/mol. The monoisotopic (exact) mass is 230 g/mol. The summed E-state index contributed by atoms with van der Waals surface area (Å²) in [5.74, 6) is 1.25. The Kier molecular flexibility index (Phi) is 2.53. The van der Waals surface area contributed by atoms with Crippen LogP contribution in [0.15, 0.2) is 24.3 Å². The zero-order valence-electron chi connectivity index (χ0n) is 10.7. The number of hydrogen-bond acceptors (Lipinski definition) is 1. The van der Waals surface area contributed by atoms with Gasteiger partial charge in [0.2, 0.25) is 0 Å². The summed E-state index contributed by atoms with van der Waals surface area (Å²) in [5, 5.41) is 0. The molecule has 3 aliphatic rings. The number of Topliss-reactive ketones (excluding diaryl/α,β-unsaturated/α-hetero) is 1. The van der Waals surface area contributed by atoms with Crippen molar-refractivity contribution in [2.45, 2.75) is 51.9 Å². The van der Waals surface area contributed by atoms with Gasteiger partial charge in [0, 0.05) is 11.8 Å². The van der Waals surface area contributed by atoms with Crippen molar-refractivity contribution < 1.29 is 4.79 Å². The lowest BCUT2D eigenvalue weighted by Crippen LogP contribution is -2.30. The zero-order chi connectivity index (χ0) is 11.9. The highest BCUT2D eigenvalue weighted by Crippen LogP contribution is 2.59. The maximum Gasteiger partial charge on any atom is 0.140 e. The van der Waals surface area contributed by atoms with Gasteiger partial charge in [0.05, 0.1) is 0 Å². The van der Waals surface area contributed by atoms with Crippen LogP contribution in [0, 0.1) is 16.7 Å². The van der Waals surface area contributed by atoms with Crippen LogP contribution >= 0.6 is 0 Å². The highest BCUT2D eigenvalue weighted by Gasteiger charge is 2.57. The minimum atomic E-state index is 0.140. The zero-order valence-corrected chi connectivity index (χ0v) is 10.7. The van der Waals surface area contributed by atoms with E-state index in [2.05, 4.69) is 31.2 Å². The van der Waals surface area contributed by atoms with E-state index in [0.29, 0.717) is 17.1 Å². The molecule has 0 bridgehead atoms. The van der Waals surface area contributed by atoms with Crippen LogP contribution in [-0.2, 0) is 4.79 Å². The van der Waals surface area contributed by atoms with E-state index in [1.54, 1.807) is 0 Å². The molecule has 0 amide bonds. The fourth-order valence-electron chi connectivity index (χ4n) is 4.09. The lowest BCUT2D eigenvalue weighted by molar-refractivity contribution is -0.114. The minimum Gasteiger partial charge on any atom is -0.299 e. The number of ketones is 1. The lowest BCUT2D eigenvalue weighted by atomic mass is 9.65. The lowest BCUT2D eigenvalue weighted by Gasteiger charge is -2.39. The second-order valence-electron chi connectivity index (χ2n) is 6.73. The van der Waals surface area contributed by atoms with Gasteiger partial charge in [0.25, 0.3) is 0 Å². The Morgan fingerprint density at radius 1 is 1.35 bits per heavy atom. The summed E-state index contributed by atoms with van der Waals surface area (Å²) in [6.45, 7) is 2.41. The van der Waals surface area contributed by atoms with Crippen molar-refractivity contribution in [3.63, 3.8) is 0 Å². The molecule has 0 heterocycles. The molecule has 17 heavy (non-hydrogen) atoms. The van der Waals surface area contributed by atoms with Crippen molar-refractivity contribution >= 4 is 5.78 Å². The van der Waals surface area contributed by atoms with Gasteiger partial charge < -0.3 is 0 Å². The van der Waals surface area contributed by atoms with Crippen molar-refractivity contribution in [1.82, 2.24) is 0 Å². The molecule has 1 unspecified atom stereocenters. The molecule has 1 nitrogen and oxygen atoms in total. The normalized spacial score (nSPS) is 44.3. The average molecular weight is 230 g/mol. The van der Waals surface area contributed by atoms with E-state index in [1.165, 1.54) is 32.1 Å². The number of allylic oxidation sites excluding steroid dienone is 4. The summed E-state index contributed by atoms with van der Waals surface area (Å²) in [7, 11) is 0. The largest absolute Gasteiger partial charge is 0.299 e. The van der Waals surface area contributed by atoms with E-state index < -0.39 is 0 Å². The van der Waals surface area contributed by atoms with Crippen LogP contribution in [0.25, 0.3) is 0 Å². The molecule has 0 saturated heterocycles. The summed E-state index contributed by atoms with van der Waals surface area (Å²) in [4.78, 5) is 11.6. The Labute approximate surface area is 104 Å². The highest BCUT2D eigenvalue weighted by molar-refractivity contribution is 6.00. The molecule has 92 valence electrons. The molecule has 1 heteroatoms. The Balaban J connectivity index is 1.66. The molecular formula is C16H22O. The van der Waals surface area contributed by atoms with Gasteiger partial charge in [-0.3, -0.25) is 4.79 Å². The summed E-state index contributed by atoms with van der Waals surface area (Å²) < 4.78 is 0. The number of carbonyl (C=O) groups is 1. The highest BCUT2D eigenvalue weighted by atomic mass is 16.1. The summed E-state index contributed by atoms with van der Waals surface area (Å²) in [6, 6.07) is 0. The quantitative estimate of drug-likeness (QED) is 0.699. The van der Waals surface area contributed by atoms with E-state index in [9.17, 15) is 4.79 Å². The SMILES string of the molecule is C[C@@]1(CC2C=CC=CC2)CCC[C@@]2(CC2=O)C1. The van der Waals surface area contributed by atoms with Crippen molar-refractivity contribution in [1.29, 1.82) is 0 Å². The maximum atomic E-state index is 11.6. The topological polar surface area (TPSA) is 17.1 Å². The number of rotatable bonds is 2. The van der Waals surface area contributed by atoms with Crippen LogP contribution in [0.1, 0.15) is 51.9 Å². The van der Waals surface area contributed by atoms with Crippen LogP contribution in [-0.4, -0.2) is 5.78 Å². The standard InChI is InChI=1S/C16H22O/c1-15(10-13-6-3-2-4-7-13)8-5-9-16(12-15)11-14(16)17/h2-4,6,13H,5,7-12H2,1H3/t13?,15-,16+/m0/s1. The molecule has 0 N–H and O–H groups in total. The maximum absolute atomic E-state index is 11.6. The van der Waals surface area contributed by atoms with Crippen molar-refractivity contribution in [3.8, 4) is 0 Å². The number of hydrogen-bond donors (Lipinski definition) is 0. The molecule has 0 aromatic heterocycles. The van der Waals surface area contributed by atoms with Crippen LogP contribution in [0.4, 0.5) is 0 Å². The fraction of sp³-hybridized carbons (Fsp3) is 0.688. The van der Waals surface area contributed by atoms with Gasteiger partial charge in [-0.1, -0.05) is 37.6 Å². The van der Waals surface area contributed by atoms with Crippen LogP contribution in [0.5, 0.6) is 0 Å². The molecule has 3 aliphatic carbocycles. The van der Waals surface area contributed by atoms with E-state index in [1.807, 2.05) is 0 Å². The van der Waals surface area contributed by atoms with Gasteiger partial charge in [0.15, 0.2) is 0 Å². The molecule has 3 rings (SSSR count). The molecule has 3 atom stereocenters. The Hall–Kier alpha value is -0.850. The van der Waals surface area contributed by atoms with Crippen molar-refractivity contribution in [3.05, 3.63) is 24.3 Å². The van der Waals surface area contributed by atoms with Crippen molar-refractivity contribution in [2.75, 3.05) is 0 Å². The van der Waals surface area contributed by atoms with Gasteiger partial charge in [-0.15, -0.1) is 0 Å². The fourth-order valence-corrected chi connectivity index (χ4v) is 4.09. The van der Waals surface area contributed by atoms with Gasteiger partial charge in [-0.2, -0.15) is 0 Å². The Bertz CT molecular complexity index is 392. The first-order valence-electron chi connectivity index (χ1n) is 6.99. The smallest absolute Gasteiger partial charge is 0.140 e. The first-order chi connectivity index (χ1) is 8.12. The van der Waals surface area contributed by atoms with Crippen LogP contribution < -0.4 is 0 Å². The average Bonchev–Trinajstić information content (AvgIpc) is 2.88. The van der Waals surface area contributed by atoms with Crippen molar-refractivity contribution in [2.24, 2.45) is 16.7 Å². The van der Waals surface area contributed by atoms with E-state index in [4.69, 9.17) is 0 Å². The van der Waals surface area contributed by atoms with E-state index in [-0.39, 0.29) is 5.41 Å². The summed E-state index contributed by atoms with van der Waals surface area (Å²) in [6.07, 6.45) is 17.2. The first kappa shape index (κ1) is 11.3. The third kappa shape index (κ3) is 2.12. The second-order valence-corrected chi connectivity index (χ2v) is 6.73. The molecule has 0 radical (unpaired) electrons. The Morgan fingerprint density at radius 3 is 2.82 bits per heavy atom. The van der Waals surface area contributed by atoms with Gasteiger partial charge in [-0.05, 0) is 43.4 Å². The van der Waals surface area contributed by atoms with Crippen LogP contribution in [0.3, 0.4) is 0 Å². The third-order valence-corrected chi connectivity index (χ3v) is 4.99. The van der Waals surface area contributed by atoms with Gasteiger partial charge in [-0.25, -0.2) is 0 Å². The Morgan fingerprint density at radius 2 is 2.18 bits per heavy atom. The molecule has 1 spiro atoms. The third-order valence-electron chi connectivity index (χ3n) is 4.99. The van der Waals surface area contributed by atoms with Gasteiger partial charge in [0.1, 0.15) is 5.78 Å². The molecule has 0 aromatic rings. The first-order valence-corrected chi connectivity index (χ1v) is 6.99. The summed E-state index contributed by atoms with van der Waals surface area (Å²) >= 11 is 0. The molecule has 2 fully saturated rings. The molecular weight excluding hydrogens is 208 g/mol. The molecule has 0 aromatic carbocycles. The predicted octanol–water partition coefficient (Wildman–Crippen LogP) is 4.05. The van der Waals surface area contributed by atoms with E-state index in [0.717, 1.165) is 12.8 Å². The summed E-state index contributed by atoms with van der Waals surface area (Å²) in [5.41, 5.74) is 0.547. The molecule has 0 aliphatic heterocycles. The van der Waals surface area contributed by atoms with Crippen LogP contribution in [0.2, 0.25) is 0 Å². The van der Waals surface area contributed by atoms with Gasteiger partial charge >= 0.3 is 0 Å². The minimum absolute atomic E-state index is 0.140. The number of carbonyl (C=O) groups excluding carboxylic acids is 1.